The van der Waals surface area contributed by atoms with Gasteiger partial charge < -0.3 is 8.98 Å². The van der Waals surface area contributed by atoms with Gasteiger partial charge in [0.2, 0.25) is 0 Å². The highest BCUT2D eigenvalue weighted by Crippen LogP contribution is 2.51. The van der Waals surface area contributed by atoms with E-state index in [4.69, 9.17) is 4.42 Å². The van der Waals surface area contributed by atoms with E-state index in [1.165, 1.54) is 94.1 Å². The molecule has 220 valence electrons. The number of thiophene rings is 1. The number of hydrogen-bond acceptors (Lipinski definition) is 3. The molecule has 11 rings (SSSR count). The normalized spacial score (nSPS) is 18.9. The fourth-order valence-corrected chi connectivity index (χ4v) is 11.0. The Morgan fingerprint density at radius 2 is 1.54 bits per heavy atom. The average Bonchev–Trinajstić information content (AvgIpc) is 3.86. The monoisotopic (exact) mass is 627 g/mol. The van der Waals surface area contributed by atoms with E-state index in [0.717, 1.165) is 17.6 Å². The molecule has 4 heteroatoms. The Balaban J connectivity index is 1.06. The maximum atomic E-state index is 6.12. The molecular weight excluding hydrogens is 599 g/mol. The molecule has 8 aromatic rings. The predicted octanol–water partition coefficient (Wildman–Crippen LogP) is 12.1. The quantitative estimate of drug-likeness (QED) is 0.190. The summed E-state index contributed by atoms with van der Waals surface area (Å²) in [4.78, 5) is 1.40. The van der Waals surface area contributed by atoms with Gasteiger partial charge in [-0.25, -0.2) is 0 Å². The van der Waals surface area contributed by atoms with Crippen LogP contribution in [0.3, 0.4) is 0 Å². The number of aryl methyl sites for hydroxylation is 1. The van der Waals surface area contributed by atoms with Gasteiger partial charge in [0.15, 0.2) is 0 Å². The van der Waals surface area contributed by atoms with Gasteiger partial charge in [-0.2, -0.15) is 0 Å². The number of aromatic nitrogens is 1. The lowest BCUT2D eigenvalue weighted by atomic mass is 9.89. The number of fused-ring (bicyclic) bond motifs is 13. The molecule has 0 bridgehead atoms. The van der Waals surface area contributed by atoms with Gasteiger partial charge in [0.1, 0.15) is 11.2 Å². The first kappa shape index (κ1) is 25.7. The highest BCUT2D eigenvalue weighted by atomic mass is 32.2. The zero-order valence-corrected chi connectivity index (χ0v) is 26.8. The number of nitrogens with zero attached hydrogens (tertiary/aromatic N) is 1. The maximum Gasteiger partial charge on any atom is 0.135 e. The zero-order valence-electron chi connectivity index (χ0n) is 25.1. The van der Waals surface area contributed by atoms with Crippen molar-refractivity contribution >= 4 is 81.8 Å². The van der Waals surface area contributed by atoms with E-state index in [1.54, 1.807) is 5.56 Å². The van der Waals surface area contributed by atoms with Crippen LogP contribution in [-0.2, 0) is 12.8 Å². The standard InChI is InChI=1S/C42H29NOS2/c1-4-10-34-30(9-1)41-35(17-16-29-28-8-3-6-12-38(28)46-42(29)41)43(34)26-15-20-40-33(23-26)32-22-25(14-19-39(32)45-40)24-13-18-37-31(21-24)27-7-2-5-11-36(27)44-37/h2-3,5-8,11-23,33,40H,1,4,9-10H2. The summed E-state index contributed by atoms with van der Waals surface area (Å²) in [5.74, 6) is 0.350. The third-order valence-electron chi connectivity index (χ3n) is 10.5. The Hall–Kier alpha value is -4.51. The summed E-state index contributed by atoms with van der Waals surface area (Å²) >= 11 is 3.98. The fourth-order valence-electron chi connectivity index (χ4n) is 8.43. The van der Waals surface area contributed by atoms with Crippen LogP contribution in [-0.4, -0.2) is 9.82 Å². The molecule has 2 unspecified atom stereocenters. The van der Waals surface area contributed by atoms with E-state index in [2.05, 4.69) is 114 Å². The lowest BCUT2D eigenvalue weighted by Gasteiger charge is -2.23. The van der Waals surface area contributed by atoms with Crippen molar-refractivity contribution < 1.29 is 4.42 Å². The van der Waals surface area contributed by atoms with Crippen molar-refractivity contribution in [3.8, 4) is 11.1 Å². The largest absolute Gasteiger partial charge is 0.456 e. The van der Waals surface area contributed by atoms with Crippen molar-refractivity contribution in [1.82, 2.24) is 4.57 Å². The van der Waals surface area contributed by atoms with E-state index in [1.807, 2.05) is 29.2 Å². The molecule has 0 radical (unpaired) electrons. The van der Waals surface area contributed by atoms with Crippen LogP contribution in [0, 0.1) is 0 Å². The first-order valence-corrected chi connectivity index (χ1v) is 18.1. The number of allylic oxidation sites excluding steroid dienone is 3. The summed E-state index contributed by atoms with van der Waals surface area (Å²) in [5.41, 5.74) is 11.7. The van der Waals surface area contributed by atoms with E-state index in [-0.39, 0.29) is 0 Å². The van der Waals surface area contributed by atoms with Gasteiger partial charge in [-0.05, 0) is 96.5 Å². The minimum absolute atomic E-state index is 0.350. The maximum absolute atomic E-state index is 6.12. The van der Waals surface area contributed by atoms with Crippen LogP contribution in [0.4, 0.5) is 0 Å². The first-order chi connectivity index (χ1) is 22.8. The van der Waals surface area contributed by atoms with E-state index in [9.17, 15) is 0 Å². The van der Waals surface area contributed by atoms with E-state index >= 15 is 0 Å². The second kappa shape index (κ2) is 9.51. The van der Waals surface area contributed by atoms with Gasteiger partial charge in [0, 0.05) is 63.8 Å². The van der Waals surface area contributed by atoms with Crippen LogP contribution in [0.25, 0.3) is 69.8 Å². The molecule has 4 heterocycles. The van der Waals surface area contributed by atoms with Crippen molar-refractivity contribution in [3.05, 3.63) is 132 Å². The zero-order chi connectivity index (χ0) is 29.9. The van der Waals surface area contributed by atoms with Gasteiger partial charge in [-0.3, -0.25) is 0 Å². The minimum Gasteiger partial charge on any atom is -0.456 e. The van der Waals surface area contributed by atoms with Crippen LogP contribution < -0.4 is 0 Å². The van der Waals surface area contributed by atoms with Crippen LogP contribution in [0.2, 0.25) is 0 Å². The lowest BCUT2D eigenvalue weighted by molar-refractivity contribution is 0.668. The van der Waals surface area contributed by atoms with Crippen LogP contribution in [0.15, 0.2) is 125 Å². The molecule has 3 aromatic heterocycles. The molecule has 0 spiro atoms. The van der Waals surface area contributed by atoms with Crippen molar-refractivity contribution in [2.75, 3.05) is 0 Å². The molecule has 1 aliphatic heterocycles. The summed E-state index contributed by atoms with van der Waals surface area (Å²) in [6.45, 7) is 0. The summed E-state index contributed by atoms with van der Waals surface area (Å²) in [6.07, 6.45) is 12.3. The molecule has 0 fully saturated rings. The molecule has 2 nitrogen and oxygen atoms in total. The predicted molar refractivity (Wildman–Crippen MR) is 196 cm³/mol. The van der Waals surface area contributed by atoms with Gasteiger partial charge in [0.25, 0.3) is 0 Å². The molecule has 2 atom stereocenters. The summed E-state index contributed by atoms with van der Waals surface area (Å²) in [5, 5.41) is 7.08. The number of thioether (sulfide) groups is 1. The summed E-state index contributed by atoms with van der Waals surface area (Å²) in [7, 11) is 0. The van der Waals surface area contributed by atoms with Gasteiger partial charge in [-0.1, -0.05) is 66.7 Å². The fraction of sp³-hybridized carbons (Fsp3) is 0.143. The van der Waals surface area contributed by atoms with Crippen molar-refractivity contribution in [1.29, 1.82) is 0 Å². The van der Waals surface area contributed by atoms with Crippen molar-refractivity contribution in [3.63, 3.8) is 0 Å². The van der Waals surface area contributed by atoms with Gasteiger partial charge >= 0.3 is 0 Å². The lowest BCUT2D eigenvalue weighted by Crippen LogP contribution is -2.13. The highest BCUT2D eigenvalue weighted by molar-refractivity contribution is 8.00. The molecule has 2 aliphatic carbocycles. The number of furan rings is 1. The molecule has 0 saturated carbocycles. The van der Waals surface area contributed by atoms with Crippen molar-refractivity contribution in [2.24, 2.45) is 0 Å². The third-order valence-corrected chi connectivity index (χ3v) is 13.1. The molecule has 5 aromatic carbocycles. The molecular formula is C42H29NOS2. The smallest absolute Gasteiger partial charge is 0.135 e. The van der Waals surface area contributed by atoms with Crippen LogP contribution in [0.5, 0.6) is 0 Å². The highest BCUT2D eigenvalue weighted by Gasteiger charge is 2.34. The minimum atomic E-state index is 0.350. The Bertz CT molecular complexity index is 2640. The van der Waals surface area contributed by atoms with Gasteiger partial charge in [-0.15, -0.1) is 23.1 Å². The molecule has 0 N–H and O–H groups in total. The Labute approximate surface area is 274 Å². The molecule has 46 heavy (non-hydrogen) atoms. The molecule has 0 amide bonds. The van der Waals surface area contributed by atoms with Gasteiger partial charge in [0.05, 0.1) is 5.52 Å². The summed E-state index contributed by atoms with van der Waals surface area (Å²) < 4.78 is 11.6. The molecule has 0 saturated heterocycles. The second-order valence-electron chi connectivity index (χ2n) is 13.0. The number of para-hydroxylation sites is 1. The number of rotatable bonds is 2. The molecule has 3 aliphatic rings. The van der Waals surface area contributed by atoms with E-state index in [0.29, 0.717) is 11.2 Å². The Morgan fingerprint density at radius 3 is 2.52 bits per heavy atom. The number of benzene rings is 5. The third kappa shape index (κ3) is 3.54. The Morgan fingerprint density at radius 1 is 0.717 bits per heavy atom. The van der Waals surface area contributed by atoms with Crippen molar-refractivity contribution in [2.45, 2.75) is 41.7 Å². The first-order valence-electron chi connectivity index (χ1n) is 16.4. The second-order valence-corrected chi connectivity index (χ2v) is 15.3. The summed E-state index contributed by atoms with van der Waals surface area (Å²) in [6, 6.07) is 35.8. The average molecular weight is 628 g/mol. The van der Waals surface area contributed by atoms with E-state index < -0.39 is 0 Å². The van der Waals surface area contributed by atoms with Crippen LogP contribution in [0.1, 0.15) is 35.6 Å². The SMILES string of the molecule is C1=CC2Sc3ccc(-c4ccc5oc6ccccc6c5c4)cc3C2C=C1n1c2c(c3c4sc5ccccc5c4ccc31)CCCC2. The Kier molecular flexibility index (Phi) is 5.30. The number of hydrogen-bond donors (Lipinski definition) is 0. The topological polar surface area (TPSA) is 18.1 Å². The van der Waals surface area contributed by atoms with Crippen LogP contribution >= 0.6 is 23.1 Å².